The van der Waals surface area contributed by atoms with Gasteiger partial charge in [-0.15, -0.1) is 0 Å². The van der Waals surface area contributed by atoms with E-state index in [0.29, 0.717) is 6.61 Å². The van der Waals surface area contributed by atoms with E-state index in [4.69, 9.17) is 4.74 Å². The summed E-state index contributed by atoms with van der Waals surface area (Å²) in [7, 11) is 0. The Labute approximate surface area is 125 Å². The lowest BCUT2D eigenvalue weighted by Gasteiger charge is -2.22. The van der Waals surface area contributed by atoms with Gasteiger partial charge in [0, 0.05) is 43.3 Å². The normalized spacial score (nSPS) is 15.5. The van der Waals surface area contributed by atoms with Gasteiger partial charge < -0.3 is 15.0 Å². The Balaban J connectivity index is 1.58. The minimum atomic E-state index is 0.556. The summed E-state index contributed by atoms with van der Waals surface area (Å²) in [6.07, 6.45) is 4.80. The van der Waals surface area contributed by atoms with Gasteiger partial charge >= 0.3 is 0 Å². The molecule has 1 fully saturated rings. The van der Waals surface area contributed by atoms with Crippen LogP contribution in [0.3, 0.4) is 0 Å². The van der Waals surface area contributed by atoms with Crippen LogP contribution in [0.15, 0.2) is 48.8 Å². The van der Waals surface area contributed by atoms with Crippen molar-refractivity contribution in [3.05, 3.63) is 54.4 Å². The van der Waals surface area contributed by atoms with Gasteiger partial charge in [0.25, 0.3) is 0 Å². The molecule has 0 spiro atoms. The van der Waals surface area contributed by atoms with Crippen LogP contribution in [-0.2, 0) is 6.61 Å². The standard InChI is InChI=1S/C17H21N3O/c1-3-15(13-19-8-1)14-21-17-6-4-16(5-7-17)20-11-2-9-18-10-12-20/h1,3-8,13,18H,2,9-12,14H2. The van der Waals surface area contributed by atoms with E-state index in [9.17, 15) is 0 Å². The molecule has 0 bridgehead atoms. The zero-order valence-electron chi connectivity index (χ0n) is 12.2. The SMILES string of the molecule is c1cncc(COc2ccc(N3CCCNCC3)cc2)c1. The van der Waals surface area contributed by atoms with Crippen LogP contribution < -0.4 is 15.0 Å². The number of aromatic nitrogens is 1. The third kappa shape index (κ3) is 3.95. The molecule has 110 valence electrons. The van der Waals surface area contributed by atoms with E-state index < -0.39 is 0 Å². The lowest BCUT2D eigenvalue weighted by atomic mass is 10.2. The molecule has 21 heavy (non-hydrogen) atoms. The average molecular weight is 283 g/mol. The maximum Gasteiger partial charge on any atom is 0.119 e. The second-order valence-corrected chi connectivity index (χ2v) is 5.23. The molecule has 4 heteroatoms. The summed E-state index contributed by atoms with van der Waals surface area (Å²) >= 11 is 0. The van der Waals surface area contributed by atoms with Crippen LogP contribution in [0.4, 0.5) is 5.69 Å². The summed E-state index contributed by atoms with van der Waals surface area (Å²) in [5, 5.41) is 3.42. The molecule has 1 aromatic carbocycles. The van der Waals surface area contributed by atoms with Crippen LogP contribution in [0.1, 0.15) is 12.0 Å². The van der Waals surface area contributed by atoms with Gasteiger partial charge in [-0.25, -0.2) is 0 Å². The highest BCUT2D eigenvalue weighted by Gasteiger charge is 2.09. The number of nitrogens with zero attached hydrogens (tertiary/aromatic N) is 2. The molecular weight excluding hydrogens is 262 g/mol. The van der Waals surface area contributed by atoms with Gasteiger partial charge in [0.2, 0.25) is 0 Å². The van der Waals surface area contributed by atoms with Crippen molar-refractivity contribution in [2.75, 3.05) is 31.1 Å². The van der Waals surface area contributed by atoms with Crippen LogP contribution in [0.2, 0.25) is 0 Å². The molecule has 4 nitrogen and oxygen atoms in total. The maximum absolute atomic E-state index is 5.79. The number of rotatable bonds is 4. The van der Waals surface area contributed by atoms with Crippen molar-refractivity contribution in [1.29, 1.82) is 0 Å². The number of benzene rings is 1. The Bertz CT molecular complexity index is 534. The quantitative estimate of drug-likeness (QED) is 0.935. The summed E-state index contributed by atoms with van der Waals surface area (Å²) in [6, 6.07) is 12.3. The minimum absolute atomic E-state index is 0.556. The fourth-order valence-corrected chi connectivity index (χ4v) is 2.51. The first-order valence-corrected chi connectivity index (χ1v) is 7.49. The van der Waals surface area contributed by atoms with E-state index in [1.54, 1.807) is 6.20 Å². The zero-order valence-corrected chi connectivity index (χ0v) is 12.2. The largest absolute Gasteiger partial charge is 0.489 e. The highest BCUT2D eigenvalue weighted by atomic mass is 16.5. The number of hydrogen-bond donors (Lipinski definition) is 1. The van der Waals surface area contributed by atoms with E-state index in [2.05, 4.69) is 27.3 Å². The first-order valence-electron chi connectivity index (χ1n) is 7.49. The van der Waals surface area contributed by atoms with Crippen molar-refractivity contribution < 1.29 is 4.74 Å². The summed E-state index contributed by atoms with van der Waals surface area (Å²) in [5.74, 6) is 0.899. The van der Waals surface area contributed by atoms with Crippen LogP contribution in [0.25, 0.3) is 0 Å². The van der Waals surface area contributed by atoms with Gasteiger partial charge in [-0.1, -0.05) is 6.07 Å². The summed E-state index contributed by atoms with van der Waals surface area (Å²) in [4.78, 5) is 6.51. The van der Waals surface area contributed by atoms with Gasteiger partial charge in [0.05, 0.1) is 0 Å². The van der Waals surface area contributed by atoms with E-state index in [1.807, 2.05) is 30.5 Å². The predicted octanol–water partition coefficient (Wildman–Crippen LogP) is 2.46. The fraction of sp³-hybridized carbons (Fsp3) is 0.353. The monoisotopic (exact) mass is 283 g/mol. The Morgan fingerprint density at radius 1 is 1.10 bits per heavy atom. The molecule has 0 aliphatic carbocycles. The Morgan fingerprint density at radius 2 is 2.00 bits per heavy atom. The van der Waals surface area contributed by atoms with Gasteiger partial charge in [0.15, 0.2) is 0 Å². The van der Waals surface area contributed by atoms with Crippen molar-refractivity contribution in [3.63, 3.8) is 0 Å². The molecule has 2 aromatic rings. The summed E-state index contributed by atoms with van der Waals surface area (Å²) in [5.41, 5.74) is 2.35. The highest BCUT2D eigenvalue weighted by Crippen LogP contribution is 2.20. The van der Waals surface area contributed by atoms with Gasteiger partial charge in [0.1, 0.15) is 12.4 Å². The molecule has 1 aliphatic rings. The lowest BCUT2D eigenvalue weighted by molar-refractivity contribution is 0.306. The topological polar surface area (TPSA) is 37.4 Å². The molecule has 3 rings (SSSR count). The zero-order chi connectivity index (χ0) is 14.3. The third-order valence-corrected chi connectivity index (χ3v) is 3.67. The Kier molecular flexibility index (Phi) is 4.69. The highest BCUT2D eigenvalue weighted by molar-refractivity contribution is 5.49. The van der Waals surface area contributed by atoms with Crippen LogP contribution in [0.5, 0.6) is 5.75 Å². The Morgan fingerprint density at radius 3 is 2.81 bits per heavy atom. The van der Waals surface area contributed by atoms with Gasteiger partial charge in [-0.05, 0) is 43.3 Å². The molecule has 0 unspecified atom stereocenters. The molecule has 0 amide bonds. The van der Waals surface area contributed by atoms with Crippen LogP contribution in [0, 0.1) is 0 Å². The van der Waals surface area contributed by atoms with Gasteiger partial charge in [-0.2, -0.15) is 0 Å². The molecule has 2 heterocycles. The van der Waals surface area contributed by atoms with Crippen molar-refractivity contribution in [2.24, 2.45) is 0 Å². The predicted molar refractivity (Wildman–Crippen MR) is 84.7 cm³/mol. The maximum atomic E-state index is 5.79. The van der Waals surface area contributed by atoms with Gasteiger partial charge in [-0.3, -0.25) is 4.98 Å². The lowest BCUT2D eigenvalue weighted by Crippen LogP contribution is -2.27. The minimum Gasteiger partial charge on any atom is -0.489 e. The average Bonchev–Trinajstić information content (AvgIpc) is 2.84. The molecule has 1 saturated heterocycles. The molecule has 1 aliphatic heterocycles. The molecule has 0 saturated carbocycles. The van der Waals surface area contributed by atoms with E-state index in [1.165, 1.54) is 12.1 Å². The van der Waals surface area contributed by atoms with Crippen LogP contribution >= 0.6 is 0 Å². The molecule has 0 radical (unpaired) electrons. The number of pyridine rings is 1. The molecular formula is C17H21N3O. The van der Waals surface area contributed by atoms with Crippen molar-refractivity contribution in [3.8, 4) is 5.75 Å². The molecule has 1 aromatic heterocycles. The van der Waals surface area contributed by atoms with E-state index in [-0.39, 0.29) is 0 Å². The van der Waals surface area contributed by atoms with Crippen LogP contribution in [-0.4, -0.2) is 31.2 Å². The molecule has 0 atom stereocenters. The first kappa shape index (κ1) is 13.9. The first-order chi connectivity index (χ1) is 10.4. The second kappa shape index (κ2) is 7.09. The summed E-state index contributed by atoms with van der Waals surface area (Å²) in [6.45, 7) is 4.90. The van der Waals surface area contributed by atoms with Crippen molar-refractivity contribution >= 4 is 5.69 Å². The van der Waals surface area contributed by atoms with Crippen molar-refractivity contribution in [2.45, 2.75) is 13.0 Å². The number of hydrogen-bond acceptors (Lipinski definition) is 4. The smallest absolute Gasteiger partial charge is 0.119 e. The third-order valence-electron chi connectivity index (χ3n) is 3.67. The number of nitrogens with one attached hydrogen (secondary N) is 1. The number of ether oxygens (including phenoxy) is 1. The Hall–Kier alpha value is -2.07. The second-order valence-electron chi connectivity index (χ2n) is 5.23. The summed E-state index contributed by atoms with van der Waals surface area (Å²) < 4.78 is 5.79. The molecule has 1 N–H and O–H groups in total. The van der Waals surface area contributed by atoms with E-state index in [0.717, 1.165) is 37.5 Å². The van der Waals surface area contributed by atoms with E-state index >= 15 is 0 Å². The fourth-order valence-electron chi connectivity index (χ4n) is 2.51. The number of anilines is 1. The van der Waals surface area contributed by atoms with Crippen molar-refractivity contribution in [1.82, 2.24) is 10.3 Å².